The first-order chi connectivity index (χ1) is 9.13. The fourth-order valence-electron chi connectivity index (χ4n) is 3.60. The molecule has 0 bridgehead atoms. The number of piperazine rings is 1. The van der Waals surface area contributed by atoms with Gasteiger partial charge >= 0.3 is 0 Å². The summed E-state index contributed by atoms with van der Waals surface area (Å²) in [4.78, 5) is 11.3. The SMILES string of the molecule is Cc1ncc(CN2CC3CCCN3CC2C(C)C)s1. The average Bonchev–Trinajstić information content (AvgIpc) is 2.96. The molecule has 19 heavy (non-hydrogen) atoms. The van der Waals surface area contributed by atoms with Crippen molar-refractivity contribution >= 4 is 11.3 Å². The number of nitrogens with zero attached hydrogens (tertiary/aromatic N) is 3. The Labute approximate surface area is 120 Å². The third kappa shape index (κ3) is 2.86. The van der Waals surface area contributed by atoms with Gasteiger partial charge in [0.15, 0.2) is 0 Å². The van der Waals surface area contributed by atoms with Crippen molar-refractivity contribution in [2.45, 2.75) is 52.2 Å². The first kappa shape index (κ1) is 13.5. The number of hydrogen-bond acceptors (Lipinski definition) is 4. The van der Waals surface area contributed by atoms with E-state index in [0.29, 0.717) is 6.04 Å². The standard InChI is InChI=1S/C15H25N3S/c1-11(2)15-10-17-6-4-5-13(17)8-18(15)9-14-7-16-12(3)19-14/h7,11,13,15H,4-6,8-10H2,1-3H3. The first-order valence-electron chi connectivity index (χ1n) is 7.53. The first-order valence-corrected chi connectivity index (χ1v) is 8.34. The Balaban J connectivity index is 1.73. The Kier molecular flexibility index (Phi) is 3.92. The van der Waals surface area contributed by atoms with Crippen molar-refractivity contribution in [1.29, 1.82) is 0 Å². The molecule has 1 aromatic rings. The van der Waals surface area contributed by atoms with Gasteiger partial charge in [-0.25, -0.2) is 4.98 Å². The van der Waals surface area contributed by atoms with Gasteiger partial charge in [0.1, 0.15) is 0 Å². The van der Waals surface area contributed by atoms with Gasteiger partial charge in [-0.1, -0.05) is 13.8 Å². The fraction of sp³-hybridized carbons (Fsp3) is 0.800. The number of aromatic nitrogens is 1. The maximum atomic E-state index is 4.40. The smallest absolute Gasteiger partial charge is 0.0897 e. The van der Waals surface area contributed by atoms with Crippen molar-refractivity contribution in [3.63, 3.8) is 0 Å². The van der Waals surface area contributed by atoms with Crippen LogP contribution in [0.4, 0.5) is 0 Å². The van der Waals surface area contributed by atoms with Gasteiger partial charge in [0, 0.05) is 42.8 Å². The van der Waals surface area contributed by atoms with Crippen LogP contribution < -0.4 is 0 Å². The van der Waals surface area contributed by atoms with Crippen molar-refractivity contribution in [2.24, 2.45) is 5.92 Å². The predicted molar refractivity (Wildman–Crippen MR) is 80.5 cm³/mol. The summed E-state index contributed by atoms with van der Waals surface area (Å²) in [5, 5.41) is 1.19. The molecule has 0 saturated carbocycles. The van der Waals surface area contributed by atoms with Crippen LogP contribution in [0.1, 0.15) is 36.6 Å². The van der Waals surface area contributed by atoms with Crippen molar-refractivity contribution in [2.75, 3.05) is 19.6 Å². The number of rotatable bonds is 3. The normalized spacial score (nSPS) is 29.1. The minimum atomic E-state index is 0.705. The van der Waals surface area contributed by atoms with Crippen LogP contribution in [0.2, 0.25) is 0 Å². The highest BCUT2D eigenvalue weighted by atomic mass is 32.1. The van der Waals surface area contributed by atoms with Crippen LogP contribution in [0.5, 0.6) is 0 Å². The zero-order valence-corrected chi connectivity index (χ0v) is 13.1. The van der Waals surface area contributed by atoms with Crippen molar-refractivity contribution in [1.82, 2.24) is 14.8 Å². The summed E-state index contributed by atoms with van der Waals surface area (Å²) in [6.45, 7) is 11.8. The number of thiazole rings is 1. The molecule has 0 aliphatic carbocycles. The van der Waals surface area contributed by atoms with Gasteiger partial charge in [0.05, 0.1) is 5.01 Å². The molecular weight excluding hydrogens is 254 g/mol. The lowest BCUT2D eigenvalue weighted by Crippen LogP contribution is -2.57. The maximum Gasteiger partial charge on any atom is 0.0897 e. The Morgan fingerprint density at radius 1 is 1.42 bits per heavy atom. The number of fused-ring (bicyclic) bond motifs is 1. The molecule has 106 valence electrons. The molecule has 0 aromatic carbocycles. The Bertz CT molecular complexity index is 429. The highest BCUT2D eigenvalue weighted by molar-refractivity contribution is 7.11. The second-order valence-corrected chi connectivity index (χ2v) is 7.70. The molecule has 4 heteroatoms. The van der Waals surface area contributed by atoms with Gasteiger partial charge in [-0.05, 0) is 32.2 Å². The Morgan fingerprint density at radius 3 is 2.95 bits per heavy atom. The summed E-state index contributed by atoms with van der Waals surface area (Å²) < 4.78 is 0. The van der Waals surface area contributed by atoms with Crippen LogP contribution in [0.15, 0.2) is 6.20 Å². The summed E-state index contributed by atoms with van der Waals surface area (Å²) in [5.41, 5.74) is 0. The lowest BCUT2D eigenvalue weighted by atomic mass is 9.97. The lowest BCUT2D eigenvalue weighted by Gasteiger charge is -2.45. The molecule has 2 unspecified atom stereocenters. The maximum absolute atomic E-state index is 4.40. The summed E-state index contributed by atoms with van der Waals surface area (Å²) in [7, 11) is 0. The van der Waals surface area contributed by atoms with E-state index in [2.05, 4.69) is 41.8 Å². The van der Waals surface area contributed by atoms with Crippen molar-refractivity contribution in [3.05, 3.63) is 16.1 Å². The summed E-state index contributed by atoms with van der Waals surface area (Å²) in [5.74, 6) is 0.732. The molecule has 3 nitrogen and oxygen atoms in total. The van der Waals surface area contributed by atoms with Crippen LogP contribution >= 0.6 is 11.3 Å². The van der Waals surface area contributed by atoms with E-state index in [0.717, 1.165) is 18.5 Å². The largest absolute Gasteiger partial charge is 0.298 e. The highest BCUT2D eigenvalue weighted by Crippen LogP contribution is 2.29. The van der Waals surface area contributed by atoms with E-state index in [1.807, 2.05) is 11.3 Å². The summed E-state index contributed by atoms with van der Waals surface area (Å²) in [6.07, 6.45) is 4.85. The number of aryl methyl sites for hydroxylation is 1. The molecule has 0 N–H and O–H groups in total. The minimum Gasteiger partial charge on any atom is -0.298 e. The monoisotopic (exact) mass is 279 g/mol. The van der Waals surface area contributed by atoms with E-state index in [9.17, 15) is 0 Å². The molecule has 0 radical (unpaired) electrons. The highest BCUT2D eigenvalue weighted by Gasteiger charge is 2.37. The average molecular weight is 279 g/mol. The van der Waals surface area contributed by atoms with Crippen LogP contribution in [0.25, 0.3) is 0 Å². The topological polar surface area (TPSA) is 19.4 Å². The third-order valence-electron chi connectivity index (χ3n) is 4.63. The predicted octanol–water partition coefficient (Wildman–Crippen LogP) is 2.76. The van der Waals surface area contributed by atoms with Gasteiger partial charge in [0.2, 0.25) is 0 Å². The van der Waals surface area contributed by atoms with Crippen LogP contribution in [0.3, 0.4) is 0 Å². The molecule has 0 spiro atoms. The zero-order chi connectivity index (χ0) is 13.4. The number of hydrogen-bond donors (Lipinski definition) is 0. The van der Waals surface area contributed by atoms with E-state index in [4.69, 9.17) is 0 Å². The van der Waals surface area contributed by atoms with Crippen LogP contribution in [0, 0.1) is 12.8 Å². The third-order valence-corrected chi connectivity index (χ3v) is 5.53. The lowest BCUT2D eigenvalue weighted by molar-refractivity contribution is 0.0245. The van der Waals surface area contributed by atoms with E-state index in [-0.39, 0.29) is 0 Å². The van der Waals surface area contributed by atoms with Gasteiger partial charge in [-0.3, -0.25) is 9.80 Å². The quantitative estimate of drug-likeness (QED) is 0.848. The van der Waals surface area contributed by atoms with Gasteiger partial charge in [-0.2, -0.15) is 0 Å². The fourth-order valence-corrected chi connectivity index (χ4v) is 4.42. The van der Waals surface area contributed by atoms with Crippen molar-refractivity contribution in [3.8, 4) is 0 Å². The molecule has 2 atom stereocenters. The summed E-state index contributed by atoms with van der Waals surface area (Å²) >= 11 is 1.85. The molecule has 2 saturated heterocycles. The molecule has 3 rings (SSSR count). The molecular formula is C15H25N3S. The second kappa shape index (κ2) is 5.51. The van der Waals surface area contributed by atoms with E-state index >= 15 is 0 Å². The van der Waals surface area contributed by atoms with Crippen LogP contribution in [-0.4, -0.2) is 46.5 Å². The Morgan fingerprint density at radius 2 is 2.26 bits per heavy atom. The van der Waals surface area contributed by atoms with Gasteiger partial charge in [-0.15, -0.1) is 11.3 Å². The van der Waals surface area contributed by atoms with E-state index < -0.39 is 0 Å². The molecule has 3 heterocycles. The Hall–Kier alpha value is -0.450. The van der Waals surface area contributed by atoms with Gasteiger partial charge in [0.25, 0.3) is 0 Å². The summed E-state index contributed by atoms with van der Waals surface area (Å²) in [6, 6.07) is 1.51. The van der Waals surface area contributed by atoms with Crippen LogP contribution in [-0.2, 0) is 6.54 Å². The van der Waals surface area contributed by atoms with Crippen molar-refractivity contribution < 1.29 is 0 Å². The second-order valence-electron chi connectivity index (χ2n) is 6.38. The molecule has 2 aliphatic rings. The minimum absolute atomic E-state index is 0.705. The molecule has 1 aromatic heterocycles. The zero-order valence-electron chi connectivity index (χ0n) is 12.3. The molecule has 2 aliphatic heterocycles. The molecule has 2 fully saturated rings. The molecule has 0 amide bonds. The van der Waals surface area contributed by atoms with E-state index in [1.165, 1.54) is 42.4 Å². The van der Waals surface area contributed by atoms with E-state index in [1.54, 1.807) is 0 Å². The van der Waals surface area contributed by atoms with Gasteiger partial charge < -0.3 is 0 Å².